The second kappa shape index (κ2) is 11.6. The van der Waals surface area contributed by atoms with Crippen molar-refractivity contribution in [1.82, 2.24) is 14.8 Å². The van der Waals surface area contributed by atoms with E-state index in [0.29, 0.717) is 65.3 Å². The largest absolute Gasteiger partial charge is 0.480 e. The monoisotopic (exact) mass is 544 g/mol. The normalized spacial score (nSPS) is 15.5. The third-order valence-electron chi connectivity index (χ3n) is 6.47. The maximum absolute atomic E-state index is 13.8. The van der Waals surface area contributed by atoms with Gasteiger partial charge in [0.15, 0.2) is 0 Å². The van der Waals surface area contributed by atoms with Gasteiger partial charge < -0.3 is 10.8 Å². The number of aliphatic carboxylic acids is 1. The summed E-state index contributed by atoms with van der Waals surface area (Å²) < 4.78 is 13.8. The number of nitrogens with zero attached hydrogens (tertiary/aromatic N) is 3. The van der Waals surface area contributed by atoms with Crippen molar-refractivity contribution in [2.75, 3.05) is 32.7 Å². The van der Waals surface area contributed by atoms with Gasteiger partial charge in [0.25, 0.3) is 0 Å². The Kier molecular flexibility index (Phi) is 8.44. The van der Waals surface area contributed by atoms with Crippen LogP contribution < -0.4 is 5.73 Å². The number of pyridine rings is 1. The number of amides is 1. The highest BCUT2D eigenvalue weighted by Crippen LogP contribution is 2.36. The third-order valence-corrected chi connectivity index (χ3v) is 7.13. The first-order chi connectivity index (χ1) is 17.6. The highest BCUT2D eigenvalue weighted by atomic mass is 35.5. The van der Waals surface area contributed by atoms with Gasteiger partial charge >= 0.3 is 5.97 Å². The molecule has 0 saturated carbocycles. The number of aromatic nitrogens is 1. The van der Waals surface area contributed by atoms with E-state index >= 15 is 0 Å². The second-order valence-electron chi connectivity index (χ2n) is 9.16. The van der Waals surface area contributed by atoms with Gasteiger partial charge in [-0.1, -0.05) is 29.3 Å². The molecule has 1 aliphatic rings. The summed E-state index contributed by atoms with van der Waals surface area (Å²) in [5.41, 5.74) is 9.51. The molecule has 0 radical (unpaired) electrons. The molecule has 0 aliphatic carbocycles. The Morgan fingerprint density at radius 2 is 1.70 bits per heavy atom. The fourth-order valence-corrected chi connectivity index (χ4v) is 5.30. The van der Waals surface area contributed by atoms with Crippen molar-refractivity contribution in [1.29, 1.82) is 0 Å². The lowest BCUT2D eigenvalue weighted by atomic mass is 9.92. The van der Waals surface area contributed by atoms with Crippen LogP contribution in [-0.2, 0) is 16.1 Å². The molecule has 1 aliphatic heterocycles. The van der Waals surface area contributed by atoms with Gasteiger partial charge in [-0.05, 0) is 60.5 Å². The molecule has 1 fully saturated rings. The molecule has 2 aromatic carbocycles. The van der Waals surface area contributed by atoms with Gasteiger partial charge in [-0.2, -0.15) is 0 Å². The summed E-state index contributed by atoms with van der Waals surface area (Å²) in [6, 6.07) is 13.2. The summed E-state index contributed by atoms with van der Waals surface area (Å²) in [6.45, 7) is 4.99. The van der Waals surface area contributed by atoms with Gasteiger partial charge in [-0.3, -0.25) is 24.4 Å². The molecule has 10 heteroatoms. The number of benzene rings is 2. The summed E-state index contributed by atoms with van der Waals surface area (Å²) in [6.07, 6.45) is 0. The van der Waals surface area contributed by atoms with Crippen molar-refractivity contribution in [3.63, 3.8) is 0 Å². The zero-order valence-electron chi connectivity index (χ0n) is 20.3. The molecular weight excluding hydrogens is 518 g/mol. The first-order valence-electron chi connectivity index (χ1n) is 11.8. The van der Waals surface area contributed by atoms with Gasteiger partial charge in [0.2, 0.25) is 5.91 Å². The molecule has 3 N–H and O–H groups in total. The van der Waals surface area contributed by atoms with Crippen LogP contribution in [0.15, 0.2) is 48.5 Å². The Balaban J connectivity index is 1.75. The molecule has 0 bridgehead atoms. The highest BCUT2D eigenvalue weighted by molar-refractivity contribution is 6.36. The minimum atomic E-state index is -0.993. The number of piperazine rings is 1. The van der Waals surface area contributed by atoms with E-state index in [0.717, 1.165) is 11.1 Å². The first-order valence-corrected chi connectivity index (χ1v) is 12.5. The van der Waals surface area contributed by atoms with E-state index in [9.17, 15) is 14.0 Å². The van der Waals surface area contributed by atoms with E-state index in [4.69, 9.17) is 39.0 Å². The Hall–Kier alpha value is -3.04. The third kappa shape index (κ3) is 6.45. The maximum atomic E-state index is 13.8. The number of carboxylic acids is 1. The molecule has 3 aromatic rings. The van der Waals surface area contributed by atoms with Gasteiger partial charge in [0, 0.05) is 53.9 Å². The van der Waals surface area contributed by atoms with Gasteiger partial charge in [0.1, 0.15) is 11.7 Å². The van der Waals surface area contributed by atoms with E-state index in [-0.39, 0.29) is 12.4 Å². The van der Waals surface area contributed by atoms with Crippen molar-refractivity contribution < 1.29 is 19.1 Å². The van der Waals surface area contributed by atoms with E-state index in [1.54, 1.807) is 31.2 Å². The zero-order valence-corrected chi connectivity index (χ0v) is 21.8. The standard InChI is InChI=1S/C27H27Cl2FN4O3/c1-16-11-18(30)5-6-19(16)22-12-17(14-33-7-9-34(10-8-33)15-24(35)36)13-23(32-22)26(27(31)37)25-20(28)3-2-4-21(25)29/h2-6,11-13,26H,7-10,14-15H2,1H3,(H2,31,37)(H,35,36). The molecular formula is C27H27Cl2FN4O3. The Morgan fingerprint density at radius 1 is 1.05 bits per heavy atom. The van der Waals surface area contributed by atoms with E-state index in [1.165, 1.54) is 12.1 Å². The first kappa shape index (κ1) is 27.0. The minimum Gasteiger partial charge on any atom is -0.480 e. The van der Waals surface area contributed by atoms with E-state index in [1.807, 2.05) is 17.0 Å². The molecule has 7 nitrogen and oxygen atoms in total. The summed E-state index contributed by atoms with van der Waals surface area (Å²) in [4.78, 5) is 32.7. The van der Waals surface area contributed by atoms with Crippen molar-refractivity contribution in [2.24, 2.45) is 5.73 Å². The molecule has 1 amide bonds. The smallest absolute Gasteiger partial charge is 0.317 e. The summed E-state index contributed by atoms with van der Waals surface area (Å²) in [5, 5.41) is 9.67. The number of hydrogen-bond acceptors (Lipinski definition) is 5. The van der Waals surface area contributed by atoms with Crippen LogP contribution in [-0.4, -0.2) is 64.5 Å². The lowest BCUT2D eigenvalue weighted by molar-refractivity contribution is -0.138. The number of primary amides is 1. The van der Waals surface area contributed by atoms with Gasteiger partial charge in [-0.25, -0.2) is 4.39 Å². The average molecular weight is 545 g/mol. The minimum absolute atomic E-state index is 0.0140. The molecule has 37 heavy (non-hydrogen) atoms. The number of nitrogens with two attached hydrogens (primary N) is 1. The van der Waals surface area contributed by atoms with Crippen molar-refractivity contribution in [3.05, 3.63) is 86.8 Å². The van der Waals surface area contributed by atoms with Crippen LogP contribution in [0.1, 0.15) is 28.3 Å². The molecule has 1 aromatic heterocycles. The van der Waals surface area contributed by atoms with Crippen LogP contribution in [0.3, 0.4) is 0 Å². The van der Waals surface area contributed by atoms with Crippen molar-refractivity contribution >= 4 is 35.1 Å². The molecule has 1 atom stereocenters. The van der Waals surface area contributed by atoms with Gasteiger partial charge in [0.05, 0.1) is 17.9 Å². The Morgan fingerprint density at radius 3 is 2.30 bits per heavy atom. The predicted molar refractivity (Wildman–Crippen MR) is 141 cm³/mol. The van der Waals surface area contributed by atoms with Gasteiger partial charge in [-0.15, -0.1) is 0 Å². The number of carboxylic acid groups (broad SMARTS) is 1. The molecule has 194 valence electrons. The molecule has 4 rings (SSSR count). The summed E-state index contributed by atoms with van der Waals surface area (Å²) in [7, 11) is 0. The number of carbonyl (C=O) groups excluding carboxylic acids is 1. The van der Waals surface area contributed by atoms with E-state index in [2.05, 4.69) is 4.90 Å². The molecule has 1 saturated heterocycles. The molecule has 2 heterocycles. The topological polar surface area (TPSA) is 99.8 Å². The quantitative estimate of drug-likeness (QED) is 0.438. The SMILES string of the molecule is Cc1cc(F)ccc1-c1cc(CN2CCN(CC(=O)O)CC2)cc(C(C(N)=O)c2c(Cl)cccc2Cl)n1. The lowest BCUT2D eigenvalue weighted by Gasteiger charge is -2.34. The fourth-order valence-electron chi connectivity index (χ4n) is 4.68. The second-order valence-corrected chi connectivity index (χ2v) is 9.98. The molecule has 0 spiro atoms. The van der Waals surface area contributed by atoms with Crippen LogP contribution in [0.4, 0.5) is 4.39 Å². The lowest BCUT2D eigenvalue weighted by Crippen LogP contribution is -2.47. The number of aryl methyl sites for hydroxylation is 1. The number of hydrogen-bond donors (Lipinski definition) is 2. The van der Waals surface area contributed by atoms with E-state index < -0.39 is 17.8 Å². The average Bonchev–Trinajstić information content (AvgIpc) is 2.82. The Labute approximate surface area is 224 Å². The Bertz CT molecular complexity index is 1310. The van der Waals surface area contributed by atoms with Crippen LogP contribution >= 0.6 is 23.2 Å². The highest BCUT2D eigenvalue weighted by Gasteiger charge is 2.28. The van der Waals surface area contributed by atoms with Crippen LogP contribution in [0.25, 0.3) is 11.3 Å². The van der Waals surface area contributed by atoms with Crippen molar-refractivity contribution in [2.45, 2.75) is 19.4 Å². The van der Waals surface area contributed by atoms with Crippen molar-refractivity contribution in [3.8, 4) is 11.3 Å². The fraction of sp³-hybridized carbons (Fsp3) is 0.296. The summed E-state index contributed by atoms with van der Waals surface area (Å²) >= 11 is 12.9. The van der Waals surface area contributed by atoms with Crippen LogP contribution in [0.2, 0.25) is 10.0 Å². The zero-order chi connectivity index (χ0) is 26.7. The number of carbonyl (C=O) groups is 2. The van der Waals surface area contributed by atoms with Crippen LogP contribution in [0.5, 0.6) is 0 Å². The number of halogens is 3. The summed E-state index contributed by atoms with van der Waals surface area (Å²) in [5.74, 6) is -2.84. The number of rotatable bonds is 8. The molecule has 1 unspecified atom stereocenters. The maximum Gasteiger partial charge on any atom is 0.317 e. The van der Waals surface area contributed by atoms with Crippen LogP contribution in [0, 0.1) is 12.7 Å². The predicted octanol–water partition coefficient (Wildman–Crippen LogP) is 4.32.